The van der Waals surface area contributed by atoms with Crippen molar-refractivity contribution < 1.29 is 9.13 Å². The summed E-state index contributed by atoms with van der Waals surface area (Å²) in [5, 5.41) is 1.59. The standard InChI is InChI=1S/C18H15ClFN3O/c19-13-4-5-15-16(9-13)21-11-22-18(15)23-6-7-24-17(10-23)12-2-1-3-14(20)8-12/h1-5,8-9,11,17H,6-7,10H2. The lowest BCUT2D eigenvalue weighted by Gasteiger charge is -2.34. The molecule has 0 spiro atoms. The van der Waals surface area contributed by atoms with Gasteiger partial charge in [-0.25, -0.2) is 14.4 Å². The maximum atomic E-state index is 13.5. The third-order valence-corrected chi connectivity index (χ3v) is 4.40. The van der Waals surface area contributed by atoms with E-state index in [9.17, 15) is 4.39 Å². The molecule has 2 heterocycles. The van der Waals surface area contributed by atoms with Crippen molar-refractivity contribution in [1.29, 1.82) is 0 Å². The van der Waals surface area contributed by atoms with E-state index in [1.807, 2.05) is 24.3 Å². The molecular formula is C18H15ClFN3O. The smallest absolute Gasteiger partial charge is 0.140 e. The summed E-state index contributed by atoms with van der Waals surface area (Å²) in [7, 11) is 0. The molecule has 3 aromatic rings. The van der Waals surface area contributed by atoms with E-state index in [1.54, 1.807) is 12.4 Å². The summed E-state index contributed by atoms with van der Waals surface area (Å²) in [6, 6.07) is 12.1. The van der Waals surface area contributed by atoms with Gasteiger partial charge in [0, 0.05) is 23.5 Å². The van der Waals surface area contributed by atoms with E-state index in [-0.39, 0.29) is 11.9 Å². The van der Waals surface area contributed by atoms with Gasteiger partial charge in [0.1, 0.15) is 24.1 Å². The Balaban J connectivity index is 1.67. The topological polar surface area (TPSA) is 38.2 Å². The third-order valence-electron chi connectivity index (χ3n) is 4.16. The van der Waals surface area contributed by atoms with Crippen LogP contribution in [-0.2, 0) is 4.74 Å². The van der Waals surface area contributed by atoms with Crippen LogP contribution in [0.1, 0.15) is 11.7 Å². The van der Waals surface area contributed by atoms with Gasteiger partial charge in [-0.15, -0.1) is 0 Å². The molecule has 2 aromatic carbocycles. The molecule has 0 N–H and O–H groups in total. The van der Waals surface area contributed by atoms with Crippen molar-refractivity contribution in [1.82, 2.24) is 9.97 Å². The number of hydrogen-bond donors (Lipinski definition) is 0. The van der Waals surface area contributed by atoms with Crippen molar-refractivity contribution in [3.05, 3.63) is 65.2 Å². The van der Waals surface area contributed by atoms with Crippen LogP contribution in [0, 0.1) is 5.82 Å². The minimum absolute atomic E-state index is 0.188. The summed E-state index contributed by atoms with van der Waals surface area (Å²) in [6.07, 6.45) is 1.35. The Bertz CT molecular complexity index is 889. The Morgan fingerprint density at radius 3 is 2.96 bits per heavy atom. The van der Waals surface area contributed by atoms with Gasteiger partial charge in [-0.3, -0.25) is 0 Å². The molecule has 0 amide bonds. The molecule has 1 atom stereocenters. The van der Waals surface area contributed by atoms with Gasteiger partial charge in [0.2, 0.25) is 0 Å². The lowest BCUT2D eigenvalue weighted by Crippen LogP contribution is -2.39. The number of ether oxygens (including phenoxy) is 1. The van der Waals surface area contributed by atoms with Crippen LogP contribution < -0.4 is 4.90 Å². The van der Waals surface area contributed by atoms with E-state index in [1.165, 1.54) is 12.1 Å². The second kappa shape index (κ2) is 6.34. The monoisotopic (exact) mass is 343 g/mol. The zero-order valence-electron chi connectivity index (χ0n) is 12.8. The predicted molar refractivity (Wildman–Crippen MR) is 91.9 cm³/mol. The third kappa shape index (κ3) is 2.92. The van der Waals surface area contributed by atoms with Crippen molar-refractivity contribution in [2.75, 3.05) is 24.6 Å². The number of rotatable bonds is 2. The van der Waals surface area contributed by atoms with Crippen molar-refractivity contribution in [3.8, 4) is 0 Å². The molecule has 1 saturated heterocycles. The molecule has 24 heavy (non-hydrogen) atoms. The van der Waals surface area contributed by atoms with Crippen LogP contribution in [0.15, 0.2) is 48.8 Å². The van der Waals surface area contributed by atoms with Crippen LogP contribution >= 0.6 is 11.6 Å². The molecule has 0 bridgehead atoms. The minimum Gasteiger partial charge on any atom is -0.370 e. The van der Waals surface area contributed by atoms with Gasteiger partial charge in [0.05, 0.1) is 12.1 Å². The second-order valence-corrected chi connectivity index (χ2v) is 6.16. The zero-order valence-corrected chi connectivity index (χ0v) is 13.6. The van der Waals surface area contributed by atoms with E-state index >= 15 is 0 Å². The zero-order chi connectivity index (χ0) is 16.5. The molecule has 0 saturated carbocycles. The normalized spacial score (nSPS) is 18.1. The lowest BCUT2D eigenvalue weighted by atomic mass is 10.1. The summed E-state index contributed by atoms with van der Waals surface area (Å²) in [4.78, 5) is 10.9. The summed E-state index contributed by atoms with van der Waals surface area (Å²) < 4.78 is 19.3. The molecule has 0 aliphatic carbocycles. The summed E-state index contributed by atoms with van der Waals surface area (Å²) in [6.45, 7) is 1.89. The van der Waals surface area contributed by atoms with Crippen LogP contribution in [0.4, 0.5) is 10.2 Å². The van der Waals surface area contributed by atoms with Crippen LogP contribution in [-0.4, -0.2) is 29.7 Å². The number of hydrogen-bond acceptors (Lipinski definition) is 4. The summed E-state index contributed by atoms with van der Waals surface area (Å²) >= 11 is 6.05. The Morgan fingerprint density at radius 1 is 1.17 bits per heavy atom. The quantitative estimate of drug-likeness (QED) is 0.705. The SMILES string of the molecule is Fc1cccc(C2CN(c3ncnc4cc(Cl)ccc34)CCO2)c1. The molecule has 4 nitrogen and oxygen atoms in total. The second-order valence-electron chi connectivity index (χ2n) is 5.72. The maximum Gasteiger partial charge on any atom is 0.140 e. The fourth-order valence-electron chi connectivity index (χ4n) is 3.02. The first-order valence-electron chi connectivity index (χ1n) is 7.73. The molecule has 4 rings (SSSR count). The van der Waals surface area contributed by atoms with Crippen LogP contribution in [0.2, 0.25) is 5.02 Å². The summed E-state index contributed by atoms with van der Waals surface area (Å²) in [5.74, 6) is 0.594. The van der Waals surface area contributed by atoms with Gasteiger partial charge in [0.25, 0.3) is 0 Å². The fraction of sp³-hybridized carbons (Fsp3) is 0.222. The number of benzene rings is 2. The number of halogens is 2. The summed E-state index contributed by atoms with van der Waals surface area (Å²) in [5.41, 5.74) is 1.64. The van der Waals surface area contributed by atoms with Gasteiger partial charge in [-0.1, -0.05) is 23.7 Å². The number of anilines is 1. The highest BCUT2D eigenvalue weighted by Gasteiger charge is 2.24. The van der Waals surface area contributed by atoms with E-state index in [4.69, 9.17) is 16.3 Å². The highest BCUT2D eigenvalue weighted by atomic mass is 35.5. The van der Waals surface area contributed by atoms with Crippen molar-refractivity contribution in [2.45, 2.75) is 6.10 Å². The highest BCUT2D eigenvalue weighted by Crippen LogP contribution is 2.30. The minimum atomic E-state index is -0.254. The number of nitrogens with zero attached hydrogens (tertiary/aromatic N) is 3. The number of morpholine rings is 1. The predicted octanol–water partition coefficient (Wildman–Crippen LogP) is 4.00. The largest absolute Gasteiger partial charge is 0.370 e. The van der Waals surface area contributed by atoms with Crippen molar-refractivity contribution >= 4 is 28.3 Å². The molecular weight excluding hydrogens is 329 g/mol. The molecule has 1 aliphatic heterocycles. The fourth-order valence-corrected chi connectivity index (χ4v) is 3.18. The highest BCUT2D eigenvalue weighted by molar-refractivity contribution is 6.31. The molecule has 0 radical (unpaired) electrons. The first kappa shape index (κ1) is 15.3. The average molecular weight is 344 g/mol. The molecule has 6 heteroatoms. The van der Waals surface area contributed by atoms with E-state index in [2.05, 4.69) is 14.9 Å². The van der Waals surface area contributed by atoms with E-state index < -0.39 is 0 Å². The van der Waals surface area contributed by atoms with Gasteiger partial charge in [0.15, 0.2) is 0 Å². The molecule has 1 unspecified atom stereocenters. The van der Waals surface area contributed by atoms with Crippen molar-refractivity contribution in [3.63, 3.8) is 0 Å². The van der Waals surface area contributed by atoms with Gasteiger partial charge < -0.3 is 9.64 Å². The Labute approximate surface area is 143 Å². The first-order chi connectivity index (χ1) is 11.7. The van der Waals surface area contributed by atoms with E-state index in [0.717, 1.165) is 28.8 Å². The first-order valence-corrected chi connectivity index (χ1v) is 8.11. The Hall–Kier alpha value is -2.24. The van der Waals surface area contributed by atoms with Crippen molar-refractivity contribution in [2.24, 2.45) is 0 Å². The van der Waals surface area contributed by atoms with Crippen LogP contribution in [0.3, 0.4) is 0 Å². The van der Waals surface area contributed by atoms with E-state index in [0.29, 0.717) is 18.2 Å². The lowest BCUT2D eigenvalue weighted by molar-refractivity contribution is 0.0394. The molecule has 122 valence electrons. The maximum absolute atomic E-state index is 13.5. The number of aromatic nitrogens is 2. The van der Waals surface area contributed by atoms with Crippen LogP contribution in [0.25, 0.3) is 10.9 Å². The van der Waals surface area contributed by atoms with Gasteiger partial charge in [-0.2, -0.15) is 0 Å². The molecule has 1 fully saturated rings. The molecule has 1 aliphatic rings. The average Bonchev–Trinajstić information content (AvgIpc) is 2.61. The van der Waals surface area contributed by atoms with Gasteiger partial charge >= 0.3 is 0 Å². The molecule has 1 aromatic heterocycles. The van der Waals surface area contributed by atoms with Crippen LogP contribution in [0.5, 0.6) is 0 Å². The Morgan fingerprint density at radius 2 is 2.08 bits per heavy atom. The number of fused-ring (bicyclic) bond motifs is 1. The Kier molecular flexibility index (Phi) is 4.04. The van der Waals surface area contributed by atoms with Gasteiger partial charge in [-0.05, 0) is 35.9 Å².